The van der Waals surface area contributed by atoms with Crippen molar-refractivity contribution in [1.29, 1.82) is 0 Å². The minimum atomic E-state index is 0.258. The van der Waals surface area contributed by atoms with Crippen LogP contribution in [0.25, 0.3) is 0 Å². The van der Waals surface area contributed by atoms with Crippen LogP contribution < -0.4 is 5.32 Å². The maximum Gasteiger partial charge on any atom is 0.106 e. The molecule has 2 nitrogen and oxygen atoms in total. The topological polar surface area (TPSA) is 25.2 Å². The molecule has 2 heteroatoms. The van der Waals surface area contributed by atoms with Crippen molar-refractivity contribution in [3.05, 3.63) is 53.0 Å². The predicted molar refractivity (Wildman–Crippen MR) is 85.3 cm³/mol. The van der Waals surface area contributed by atoms with E-state index in [1.165, 1.54) is 30.4 Å². The summed E-state index contributed by atoms with van der Waals surface area (Å²) in [4.78, 5) is 0. The summed E-state index contributed by atoms with van der Waals surface area (Å²) in [6.07, 6.45) is 3.68. The number of hydrogen-bond acceptors (Lipinski definition) is 2. The lowest BCUT2D eigenvalue weighted by Gasteiger charge is -2.15. The molecule has 20 heavy (non-hydrogen) atoms. The van der Waals surface area contributed by atoms with E-state index in [4.69, 9.17) is 4.42 Å². The van der Waals surface area contributed by atoms with Gasteiger partial charge in [0.15, 0.2) is 0 Å². The molecule has 1 heterocycles. The second-order valence-corrected chi connectivity index (χ2v) is 5.54. The summed E-state index contributed by atoms with van der Waals surface area (Å²) in [5, 5.41) is 3.54. The van der Waals surface area contributed by atoms with Crippen LogP contribution in [0, 0.1) is 13.8 Å². The van der Waals surface area contributed by atoms with Crippen LogP contribution in [0.4, 0.5) is 5.69 Å². The molecule has 1 N–H and O–H groups in total. The van der Waals surface area contributed by atoms with Crippen molar-refractivity contribution in [3.63, 3.8) is 0 Å². The third kappa shape index (κ3) is 3.66. The van der Waals surface area contributed by atoms with E-state index in [-0.39, 0.29) is 6.04 Å². The third-order valence-electron chi connectivity index (χ3n) is 3.70. The summed E-state index contributed by atoms with van der Waals surface area (Å²) in [6.45, 7) is 8.41. The summed E-state index contributed by atoms with van der Waals surface area (Å²) >= 11 is 0. The highest BCUT2D eigenvalue weighted by molar-refractivity contribution is 5.47. The van der Waals surface area contributed by atoms with Gasteiger partial charge in [0.1, 0.15) is 11.5 Å². The zero-order valence-electron chi connectivity index (χ0n) is 13.0. The van der Waals surface area contributed by atoms with Gasteiger partial charge in [0, 0.05) is 11.3 Å². The molecule has 0 fully saturated rings. The molecule has 2 aromatic rings. The Morgan fingerprint density at radius 1 is 1.15 bits per heavy atom. The van der Waals surface area contributed by atoms with Gasteiger partial charge in [0.2, 0.25) is 0 Å². The van der Waals surface area contributed by atoms with Gasteiger partial charge in [-0.15, -0.1) is 0 Å². The van der Waals surface area contributed by atoms with Crippen molar-refractivity contribution in [2.24, 2.45) is 0 Å². The highest BCUT2D eigenvalue weighted by Crippen LogP contribution is 2.25. The molecule has 0 spiro atoms. The Balaban J connectivity index is 2.00. The monoisotopic (exact) mass is 271 g/mol. The van der Waals surface area contributed by atoms with Gasteiger partial charge in [-0.2, -0.15) is 0 Å². The van der Waals surface area contributed by atoms with Gasteiger partial charge in [-0.05, 0) is 57.4 Å². The number of nitrogens with one attached hydrogen (secondary N) is 1. The zero-order chi connectivity index (χ0) is 14.5. The number of anilines is 1. The van der Waals surface area contributed by atoms with E-state index in [0.717, 1.165) is 17.2 Å². The number of aryl methyl sites for hydroxylation is 3. The molecule has 0 amide bonds. The van der Waals surface area contributed by atoms with Crippen LogP contribution in [-0.4, -0.2) is 0 Å². The summed E-state index contributed by atoms with van der Waals surface area (Å²) in [7, 11) is 0. The van der Waals surface area contributed by atoms with E-state index >= 15 is 0 Å². The molecule has 0 aliphatic heterocycles. The number of benzene rings is 1. The molecule has 2 rings (SSSR count). The molecule has 0 aliphatic carbocycles. The first-order valence-electron chi connectivity index (χ1n) is 7.52. The second kappa shape index (κ2) is 6.65. The van der Waals surface area contributed by atoms with Gasteiger partial charge in [-0.25, -0.2) is 0 Å². The summed E-state index contributed by atoms with van der Waals surface area (Å²) in [5.74, 6) is 1.98. The minimum Gasteiger partial charge on any atom is -0.466 e. The molecule has 0 saturated heterocycles. The van der Waals surface area contributed by atoms with Crippen LogP contribution in [0.3, 0.4) is 0 Å². The molecule has 1 aromatic heterocycles. The molecular weight excluding hydrogens is 246 g/mol. The van der Waals surface area contributed by atoms with E-state index in [9.17, 15) is 0 Å². The number of unbranched alkanes of at least 4 members (excludes halogenated alkanes) is 1. The summed E-state index contributed by atoms with van der Waals surface area (Å²) < 4.78 is 5.60. The fourth-order valence-electron chi connectivity index (χ4n) is 2.56. The van der Waals surface area contributed by atoms with Gasteiger partial charge < -0.3 is 9.73 Å². The van der Waals surface area contributed by atoms with E-state index in [0.29, 0.717) is 0 Å². The fourth-order valence-corrected chi connectivity index (χ4v) is 2.56. The molecule has 1 aromatic carbocycles. The molecule has 1 unspecified atom stereocenters. The average molecular weight is 271 g/mol. The van der Waals surface area contributed by atoms with Gasteiger partial charge in [-0.3, -0.25) is 0 Å². The van der Waals surface area contributed by atoms with E-state index in [1.807, 2.05) is 13.8 Å². The zero-order valence-corrected chi connectivity index (χ0v) is 13.0. The van der Waals surface area contributed by atoms with Gasteiger partial charge in [-0.1, -0.05) is 25.5 Å². The highest BCUT2D eigenvalue weighted by atomic mass is 16.3. The highest BCUT2D eigenvalue weighted by Gasteiger charge is 2.12. The fraction of sp³-hybridized carbons (Fsp3) is 0.444. The molecule has 108 valence electrons. The Kier molecular flexibility index (Phi) is 4.89. The molecule has 0 saturated carbocycles. The lowest BCUT2D eigenvalue weighted by molar-refractivity contribution is 0.500. The van der Waals surface area contributed by atoms with Crippen LogP contribution in [0.1, 0.15) is 55.4 Å². The van der Waals surface area contributed by atoms with Gasteiger partial charge >= 0.3 is 0 Å². The first-order valence-corrected chi connectivity index (χ1v) is 7.52. The van der Waals surface area contributed by atoms with Crippen molar-refractivity contribution in [2.45, 2.75) is 53.0 Å². The third-order valence-corrected chi connectivity index (χ3v) is 3.70. The Bertz CT molecular complexity index is 539. The molecule has 0 bridgehead atoms. The van der Waals surface area contributed by atoms with Crippen LogP contribution in [0.2, 0.25) is 0 Å². The van der Waals surface area contributed by atoms with Gasteiger partial charge in [0.05, 0.1) is 6.04 Å². The van der Waals surface area contributed by atoms with Crippen molar-refractivity contribution < 1.29 is 4.42 Å². The Morgan fingerprint density at radius 2 is 1.85 bits per heavy atom. The maximum atomic E-state index is 5.60. The van der Waals surface area contributed by atoms with Crippen molar-refractivity contribution >= 4 is 5.69 Å². The molecular formula is C18H25NO. The second-order valence-electron chi connectivity index (χ2n) is 5.54. The van der Waals surface area contributed by atoms with E-state index < -0.39 is 0 Å². The van der Waals surface area contributed by atoms with E-state index in [2.05, 4.69) is 49.5 Å². The number of hydrogen-bond donors (Lipinski definition) is 1. The normalized spacial score (nSPS) is 12.4. The average Bonchev–Trinajstić information content (AvgIpc) is 2.77. The molecule has 0 aliphatic rings. The quantitative estimate of drug-likeness (QED) is 0.759. The number of furan rings is 1. The maximum absolute atomic E-state index is 5.60. The van der Waals surface area contributed by atoms with Crippen LogP contribution in [-0.2, 0) is 6.42 Å². The summed E-state index contributed by atoms with van der Waals surface area (Å²) in [6, 6.07) is 11.2. The Morgan fingerprint density at radius 3 is 2.40 bits per heavy atom. The Hall–Kier alpha value is -1.70. The van der Waals surface area contributed by atoms with Crippen molar-refractivity contribution in [1.82, 2.24) is 0 Å². The van der Waals surface area contributed by atoms with E-state index in [1.54, 1.807) is 0 Å². The Labute approximate surface area is 122 Å². The number of rotatable bonds is 6. The first kappa shape index (κ1) is 14.7. The molecule has 1 atom stereocenters. The smallest absolute Gasteiger partial charge is 0.106 e. The van der Waals surface area contributed by atoms with Crippen LogP contribution >= 0.6 is 0 Å². The van der Waals surface area contributed by atoms with Crippen LogP contribution in [0.15, 0.2) is 34.7 Å². The molecule has 0 radical (unpaired) electrons. The lowest BCUT2D eigenvalue weighted by atomic mass is 10.1. The first-order chi connectivity index (χ1) is 9.60. The largest absolute Gasteiger partial charge is 0.466 e. The van der Waals surface area contributed by atoms with Gasteiger partial charge in [0.25, 0.3) is 0 Å². The lowest BCUT2D eigenvalue weighted by Crippen LogP contribution is -2.06. The SMILES string of the molecule is CCCCc1ccc(NC(C)c2cc(C)oc2C)cc1. The minimum absolute atomic E-state index is 0.258. The van der Waals surface area contributed by atoms with Crippen LogP contribution in [0.5, 0.6) is 0 Å². The summed E-state index contributed by atoms with van der Waals surface area (Å²) in [5.41, 5.74) is 3.81. The van der Waals surface area contributed by atoms with Crippen molar-refractivity contribution in [2.75, 3.05) is 5.32 Å². The standard InChI is InChI=1S/C18H25NO/c1-5-6-7-16-8-10-17(11-9-16)19-14(3)18-12-13(2)20-15(18)4/h8-12,14,19H,5-7H2,1-4H3. The predicted octanol–water partition coefficient (Wildman–Crippen LogP) is 5.41. The van der Waals surface area contributed by atoms with Crippen molar-refractivity contribution in [3.8, 4) is 0 Å².